The number of rotatable bonds is 3. The number of fused-ring (bicyclic) bond motifs is 1. The van der Waals surface area contributed by atoms with Crippen molar-refractivity contribution in [3.8, 4) is 0 Å². The van der Waals surface area contributed by atoms with Crippen molar-refractivity contribution < 1.29 is 35.5 Å². The van der Waals surface area contributed by atoms with Crippen LogP contribution in [0.25, 0.3) is 0 Å². The summed E-state index contributed by atoms with van der Waals surface area (Å²) < 4.78 is 93.7. The normalized spacial score (nSPS) is 23.4. The van der Waals surface area contributed by atoms with Gasteiger partial charge in [-0.1, -0.05) is 12.1 Å². The number of carbonyl (C=O) groups excluding carboxylic acids is 1. The van der Waals surface area contributed by atoms with Crippen LogP contribution in [-0.4, -0.2) is 42.5 Å². The molecule has 0 radical (unpaired) electrons. The van der Waals surface area contributed by atoms with Crippen LogP contribution in [0.1, 0.15) is 47.7 Å². The van der Waals surface area contributed by atoms with Crippen LogP contribution in [0.2, 0.25) is 0 Å². The highest BCUT2D eigenvalue weighted by atomic mass is 19.4. The summed E-state index contributed by atoms with van der Waals surface area (Å²) in [4.78, 5) is 16.4. The Balaban J connectivity index is 1.66. The lowest BCUT2D eigenvalue weighted by Crippen LogP contribution is -2.50. The molecule has 2 aromatic rings. The van der Waals surface area contributed by atoms with E-state index < -0.39 is 47.4 Å². The highest BCUT2D eigenvalue weighted by Crippen LogP contribution is 2.43. The molecule has 2 amide bonds. The first-order chi connectivity index (χ1) is 16.8. The first-order valence-electron chi connectivity index (χ1n) is 11.6. The first kappa shape index (κ1) is 26.2. The summed E-state index contributed by atoms with van der Waals surface area (Å²) in [5.41, 5.74) is -2.41. The Hall–Kier alpha value is -2.82. The molecule has 2 aliphatic heterocycles. The predicted molar refractivity (Wildman–Crippen MR) is 118 cm³/mol. The van der Waals surface area contributed by atoms with Gasteiger partial charge in [-0.3, -0.25) is 0 Å². The number of likely N-dealkylation sites (tertiary alicyclic amines) is 1. The number of carbonyl (C=O) groups is 1. The standard InChI is InChI=1S/C25H26F7N3O/c1-14(17-9-18(24(27,28)29)11-19(10-17)25(30,31)32)34(2)23(36)35-8-7-16-12-33-13-21(16)22(35)15-3-5-20(26)6-4-15/h3-6,9-11,14,16,21-22,33H,7-8,12-13H2,1-2H3. The average Bonchev–Trinajstić information content (AvgIpc) is 3.30. The van der Waals surface area contributed by atoms with E-state index in [1.54, 1.807) is 17.0 Å². The van der Waals surface area contributed by atoms with Gasteiger partial charge in [0.1, 0.15) is 5.82 Å². The molecule has 2 aliphatic rings. The molecule has 4 atom stereocenters. The minimum atomic E-state index is -4.98. The van der Waals surface area contributed by atoms with Gasteiger partial charge in [-0.05, 0) is 67.3 Å². The molecule has 2 saturated heterocycles. The molecule has 2 heterocycles. The number of piperidine rings is 1. The highest BCUT2D eigenvalue weighted by molar-refractivity contribution is 5.75. The summed E-state index contributed by atoms with van der Waals surface area (Å²) in [5.74, 6) is -0.0869. The van der Waals surface area contributed by atoms with Gasteiger partial charge in [-0.2, -0.15) is 26.3 Å². The molecule has 2 fully saturated rings. The number of halogens is 7. The Bertz CT molecular complexity index is 1070. The van der Waals surface area contributed by atoms with Gasteiger partial charge in [0.15, 0.2) is 0 Å². The van der Waals surface area contributed by atoms with Gasteiger partial charge >= 0.3 is 18.4 Å². The van der Waals surface area contributed by atoms with Gasteiger partial charge in [0.25, 0.3) is 0 Å². The Morgan fingerprint density at radius 1 is 1.00 bits per heavy atom. The molecule has 0 aromatic heterocycles. The van der Waals surface area contributed by atoms with Crippen molar-refractivity contribution in [2.24, 2.45) is 11.8 Å². The van der Waals surface area contributed by atoms with Crippen LogP contribution in [0.5, 0.6) is 0 Å². The van der Waals surface area contributed by atoms with Crippen LogP contribution in [0.3, 0.4) is 0 Å². The van der Waals surface area contributed by atoms with E-state index in [2.05, 4.69) is 5.32 Å². The molecule has 4 nitrogen and oxygen atoms in total. The summed E-state index contributed by atoms with van der Waals surface area (Å²) in [6, 6.07) is 5.17. The van der Waals surface area contributed by atoms with E-state index in [0.29, 0.717) is 37.6 Å². The van der Waals surface area contributed by atoms with E-state index >= 15 is 0 Å². The Kier molecular flexibility index (Phi) is 6.98. The lowest BCUT2D eigenvalue weighted by atomic mass is 9.79. The maximum atomic E-state index is 13.6. The predicted octanol–water partition coefficient (Wildman–Crippen LogP) is 6.26. The minimum Gasteiger partial charge on any atom is -0.321 e. The van der Waals surface area contributed by atoms with Crippen molar-refractivity contribution >= 4 is 6.03 Å². The van der Waals surface area contributed by atoms with Gasteiger partial charge < -0.3 is 15.1 Å². The number of nitrogens with one attached hydrogen (secondary N) is 1. The van der Waals surface area contributed by atoms with Crippen molar-refractivity contribution in [3.63, 3.8) is 0 Å². The fraction of sp³-hybridized carbons (Fsp3) is 0.480. The van der Waals surface area contributed by atoms with E-state index in [-0.39, 0.29) is 17.5 Å². The van der Waals surface area contributed by atoms with Crippen molar-refractivity contribution in [3.05, 3.63) is 70.5 Å². The molecule has 0 bridgehead atoms. The van der Waals surface area contributed by atoms with Gasteiger partial charge in [-0.15, -0.1) is 0 Å². The molecule has 4 unspecified atom stereocenters. The number of benzene rings is 2. The average molecular weight is 517 g/mol. The van der Waals surface area contributed by atoms with E-state index in [1.165, 1.54) is 26.1 Å². The van der Waals surface area contributed by atoms with E-state index in [0.717, 1.165) is 17.0 Å². The second kappa shape index (κ2) is 9.57. The third kappa shape index (κ3) is 5.16. The van der Waals surface area contributed by atoms with Gasteiger partial charge in [0.05, 0.1) is 23.2 Å². The quantitative estimate of drug-likeness (QED) is 0.488. The maximum Gasteiger partial charge on any atom is 0.416 e. The van der Waals surface area contributed by atoms with E-state index in [4.69, 9.17) is 0 Å². The van der Waals surface area contributed by atoms with Crippen molar-refractivity contribution in [1.82, 2.24) is 15.1 Å². The van der Waals surface area contributed by atoms with E-state index in [1.807, 2.05) is 0 Å². The van der Waals surface area contributed by atoms with E-state index in [9.17, 15) is 35.5 Å². The number of alkyl halides is 6. The van der Waals surface area contributed by atoms with Crippen molar-refractivity contribution in [2.75, 3.05) is 26.7 Å². The molecule has 4 rings (SSSR count). The monoisotopic (exact) mass is 517 g/mol. The smallest absolute Gasteiger partial charge is 0.321 e. The summed E-state index contributed by atoms with van der Waals surface area (Å²) in [6.07, 6.45) is -9.27. The second-order valence-electron chi connectivity index (χ2n) is 9.47. The third-order valence-corrected chi connectivity index (χ3v) is 7.31. The van der Waals surface area contributed by atoms with Crippen LogP contribution >= 0.6 is 0 Å². The fourth-order valence-electron chi connectivity index (χ4n) is 5.23. The van der Waals surface area contributed by atoms with Gasteiger partial charge in [-0.25, -0.2) is 9.18 Å². The summed E-state index contributed by atoms with van der Waals surface area (Å²) >= 11 is 0. The summed E-state index contributed by atoms with van der Waals surface area (Å²) in [6.45, 7) is 3.17. The molecule has 0 saturated carbocycles. The number of amides is 2. The number of nitrogens with zero attached hydrogens (tertiary/aromatic N) is 2. The van der Waals surface area contributed by atoms with Crippen molar-refractivity contribution in [2.45, 2.75) is 37.8 Å². The second-order valence-corrected chi connectivity index (χ2v) is 9.47. The number of urea groups is 1. The van der Waals surface area contributed by atoms with Gasteiger partial charge in [0.2, 0.25) is 0 Å². The molecular formula is C25H26F7N3O. The molecule has 36 heavy (non-hydrogen) atoms. The molecule has 196 valence electrons. The maximum absolute atomic E-state index is 13.6. The zero-order valence-corrected chi connectivity index (χ0v) is 19.6. The summed E-state index contributed by atoms with van der Waals surface area (Å²) in [7, 11) is 1.36. The van der Waals surface area contributed by atoms with Crippen LogP contribution in [-0.2, 0) is 12.4 Å². The SMILES string of the molecule is CC(c1cc(C(F)(F)F)cc(C(F)(F)F)c1)N(C)C(=O)N1CCC2CNCC2C1c1ccc(F)cc1. The lowest BCUT2D eigenvalue weighted by Gasteiger charge is -2.45. The minimum absolute atomic E-state index is 0.0438. The van der Waals surface area contributed by atoms with Crippen LogP contribution in [0.15, 0.2) is 42.5 Å². The molecule has 11 heteroatoms. The van der Waals surface area contributed by atoms with Crippen LogP contribution < -0.4 is 5.32 Å². The molecule has 0 aliphatic carbocycles. The zero-order valence-electron chi connectivity index (χ0n) is 19.6. The first-order valence-corrected chi connectivity index (χ1v) is 11.6. The topological polar surface area (TPSA) is 35.6 Å². The van der Waals surface area contributed by atoms with Crippen LogP contribution in [0.4, 0.5) is 35.5 Å². The van der Waals surface area contributed by atoms with Gasteiger partial charge in [0, 0.05) is 26.1 Å². The largest absolute Gasteiger partial charge is 0.416 e. The van der Waals surface area contributed by atoms with Crippen LogP contribution in [0, 0.1) is 17.7 Å². The zero-order chi connectivity index (χ0) is 26.4. The number of hydrogen-bond acceptors (Lipinski definition) is 2. The lowest BCUT2D eigenvalue weighted by molar-refractivity contribution is -0.143. The Labute approximate surface area is 204 Å². The van der Waals surface area contributed by atoms with Crippen molar-refractivity contribution in [1.29, 1.82) is 0 Å². The molecule has 2 aromatic carbocycles. The number of hydrogen-bond donors (Lipinski definition) is 1. The fourth-order valence-corrected chi connectivity index (χ4v) is 5.23. The third-order valence-electron chi connectivity index (χ3n) is 7.31. The Morgan fingerprint density at radius 2 is 1.58 bits per heavy atom. The summed E-state index contributed by atoms with van der Waals surface area (Å²) in [5, 5.41) is 3.31. The Morgan fingerprint density at radius 3 is 2.14 bits per heavy atom. The highest BCUT2D eigenvalue weighted by Gasteiger charge is 2.44. The molecule has 0 spiro atoms. The molecule has 1 N–H and O–H groups in total. The molecular weight excluding hydrogens is 491 g/mol.